The van der Waals surface area contributed by atoms with Crippen LogP contribution < -0.4 is 4.90 Å². The fourth-order valence-electron chi connectivity index (χ4n) is 11.2. The molecule has 298 valence electrons. The highest BCUT2D eigenvalue weighted by Gasteiger charge is 2.43. The van der Waals surface area contributed by atoms with Crippen LogP contribution in [0.2, 0.25) is 0 Å². The van der Waals surface area contributed by atoms with Crippen LogP contribution in [0.3, 0.4) is 0 Å². The Labute approximate surface area is 364 Å². The Bertz CT molecular complexity index is 3300. The SMILES string of the molecule is CC1(C)C2=CC(N(c3ccc(-c4ccc(-c5ccc6c7ccccc7n(-c7ccccc7)c6c5)cc4)cc3)c3ccc4c(c3)C(C)(C)c3ccccc3-4)=CCC2c2ccccc21. The van der Waals surface area contributed by atoms with Gasteiger partial charge in [0.15, 0.2) is 0 Å². The van der Waals surface area contributed by atoms with Gasteiger partial charge in [-0.2, -0.15) is 0 Å². The van der Waals surface area contributed by atoms with Gasteiger partial charge in [-0.15, -0.1) is 0 Å². The Hall–Kier alpha value is -7.16. The van der Waals surface area contributed by atoms with Gasteiger partial charge in [0, 0.05) is 50.3 Å². The second-order valence-electron chi connectivity index (χ2n) is 18.5. The lowest BCUT2D eigenvalue weighted by Gasteiger charge is -2.33. The first-order valence-corrected chi connectivity index (χ1v) is 22.1. The molecule has 62 heavy (non-hydrogen) atoms. The third-order valence-corrected chi connectivity index (χ3v) is 14.4. The molecular formula is C60H48N2. The predicted molar refractivity (Wildman–Crippen MR) is 261 cm³/mol. The molecule has 9 aromatic rings. The number of allylic oxidation sites excluding steroid dienone is 3. The molecule has 0 fully saturated rings. The molecule has 0 bridgehead atoms. The average Bonchev–Trinajstić information content (AvgIpc) is 3.86. The number of hydrogen-bond acceptors (Lipinski definition) is 1. The number of fused-ring (bicyclic) bond motifs is 9. The van der Waals surface area contributed by atoms with E-state index in [-0.39, 0.29) is 10.8 Å². The van der Waals surface area contributed by atoms with Crippen molar-refractivity contribution in [3.63, 3.8) is 0 Å². The maximum absolute atomic E-state index is 2.50. The summed E-state index contributed by atoms with van der Waals surface area (Å²) >= 11 is 0. The summed E-state index contributed by atoms with van der Waals surface area (Å²) in [5, 5.41) is 2.54. The van der Waals surface area contributed by atoms with Crippen molar-refractivity contribution in [3.8, 4) is 39.1 Å². The van der Waals surface area contributed by atoms with Crippen molar-refractivity contribution in [1.29, 1.82) is 0 Å². The first-order valence-electron chi connectivity index (χ1n) is 22.1. The van der Waals surface area contributed by atoms with Crippen LogP contribution in [0.25, 0.3) is 60.9 Å². The molecule has 12 rings (SSSR count). The summed E-state index contributed by atoms with van der Waals surface area (Å²) < 4.78 is 2.39. The molecule has 1 aromatic heterocycles. The summed E-state index contributed by atoms with van der Waals surface area (Å²) in [5.41, 5.74) is 21.8. The van der Waals surface area contributed by atoms with E-state index >= 15 is 0 Å². The zero-order chi connectivity index (χ0) is 41.7. The zero-order valence-corrected chi connectivity index (χ0v) is 35.7. The van der Waals surface area contributed by atoms with Crippen LogP contribution in [-0.2, 0) is 10.8 Å². The lowest BCUT2D eigenvalue weighted by molar-refractivity contribution is 0.609. The zero-order valence-electron chi connectivity index (χ0n) is 35.7. The second-order valence-corrected chi connectivity index (χ2v) is 18.5. The van der Waals surface area contributed by atoms with Crippen LogP contribution >= 0.6 is 0 Å². The number of benzene rings is 8. The van der Waals surface area contributed by atoms with Gasteiger partial charge in [-0.3, -0.25) is 0 Å². The van der Waals surface area contributed by atoms with E-state index < -0.39 is 0 Å². The summed E-state index contributed by atoms with van der Waals surface area (Å²) in [6.45, 7) is 9.56. The van der Waals surface area contributed by atoms with Gasteiger partial charge >= 0.3 is 0 Å². The van der Waals surface area contributed by atoms with Crippen molar-refractivity contribution in [2.75, 3.05) is 4.90 Å². The topological polar surface area (TPSA) is 8.17 Å². The molecule has 1 unspecified atom stereocenters. The molecule has 0 saturated carbocycles. The van der Waals surface area contributed by atoms with Gasteiger partial charge in [0.2, 0.25) is 0 Å². The van der Waals surface area contributed by atoms with Gasteiger partial charge in [0.05, 0.1) is 11.0 Å². The van der Waals surface area contributed by atoms with E-state index in [2.05, 4.69) is 237 Å². The summed E-state index contributed by atoms with van der Waals surface area (Å²) in [6, 6.07) is 69.8. The van der Waals surface area contributed by atoms with Gasteiger partial charge < -0.3 is 9.47 Å². The summed E-state index contributed by atoms with van der Waals surface area (Å²) in [7, 11) is 0. The molecule has 0 amide bonds. The third kappa shape index (κ3) is 5.49. The molecule has 0 N–H and O–H groups in total. The highest BCUT2D eigenvalue weighted by Crippen LogP contribution is 2.55. The minimum Gasteiger partial charge on any atom is -0.311 e. The van der Waals surface area contributed by atoms with E-state index in [4.69, 9.17) is 0 Å². The van der Waals surface area contributed by atoms with Crippen molar-refractivity contribution in [2.45, 2.75) is 50.9 Å². The molecule has 8 aromatic carbocycles. The van der Waals surface area contributed by atoms with Crippen molar-refractivity contribution >= 4 is 33.2 Å². The van der Waals surface area contributed by atoms with Crippen molar-refractivity contribution < 1.29 is 0 Å². The Kier molecular flexibility index (Phi) is 8.09. The highest BCUT2D eigenvalue weighted by molar-refractivity contribution is 6.10. The van der Waals surface area contributed by atoms with Crippen molar-refractivity contribution in [1.82, 2.24) is 4.57 Å². The van der Waals surface area contributed by atoms with Crippen LogP contribution in [0, 0.1) is 0 Å². The van der Waals surface area contributed by atoms with Gasteiger partial charge in [0.1, 0.15) is 0 Å². The molecular weight excluding hydrogens is 749 g/mol. The Morgan fingerprint density at radius 3 is 1.85 bits per heavy atom. The maximum Gasteiger partial charge on any atom is 0.0547 e. The number of anilines is 2. The lowest BCUT2D eigenvalue weighted by atomic mass is 9.78. The quantitative estimate of drug-likeness (QED) is 0.163. The lowest BCUT2D eigenvalue weighted by Crippen LogP contribution is -2.23. The molecule has 0 aliphatic heterocycles. The molecule has 1 atom stereocenters. The number of nitrogens with zero attached hydrogens (tertiary/aromatic N) is 2. The van der Waals surface area contributed by atoms with Crippen LogP contribution in [0.4, 0.5) is 11.4 Å². The normalized spacial score (nSPS) is 16.6. The monoisotopic (exact) mass is 796 g/mol. The molecule has 3 aliphatic carbocycles. The van der Waals surface area contributed by atoms with E-state index in [0.717, 1.165) is 12.1 Å². The first-order chi connectivity index (χ1) is 30.3. The number of hydrogen-bond donors (Lipinski definition) is 0. The summed E-state index contributed by atoms with van der Waals surface area (Å²) in [6.07, 6.45) is 5.97. The molecule has 0 spiro atoms. The van der Waals surface area contributed by atoms with Gasteiger partial charge in [-0.05, 0) is 117 Å². The van der Waals surface area contributed by atoms with Crippen LogP contribution in [0.15, 0.2) is 211 Å². The molecule has 0 saturated heterocycles. The number of rotatable bonds is 6. The maximum atomic E-state index is 2.50. The van der Waals surface area contributed by atoms with Crippen LogP contribution in [-0.4, -0.2) is 4.57 Å². The van der Waals surface area contributed by atoms with Crippen molar-refractivity contribution in [3.05, 3.63) is 234 Å². The molecule has 2 nitrogen and oxygen atoms in total. The van der Waals surface area contributed by atoms with Gasteiger partial charge in [0.25, 0.3) is 0 Å². The minimum absolute atomic E-state index is 0.0316. The van der Waals surface area contributed by atoms with E-state index in [0.29, 0.717) is 5.92 Å². The number of aromatic nitrogens is 1. The standard InChI is InChI=1S/C60H48N2/c1-59(2)53-19-11-8-16-47(53)49-34-31-45(37-55(49)59)61(46-32-35-50-48-17-9-12-20-54(48)60(3,4)56(50)38-46)44-29-26-40(27-30-44)39-22-24-41(25-23-39)42-28-33-52-51-18-10-13-21-57(51)62(58(52)36-42)43-14-6-5-7-15-43/h5-34,36-38,50H,35H2,1-4H3. The second kappa shape index (κ2) is 13.7. The van der Waals surface area contributed by atoms with Crippen molar-refractivity contribution in [2.24, 2.45) is 0 Å². The molecule has 0 radical (unpaired) electrons. The third-order valence-electron chi connectivity index (χ3n) is 14.4. The highest BCUT2D eigenvalue weighted by atomic mass is 15.1. The van der Waals surface area contributed by atoms with E-state index in [9.17, 15) is 0 Å². The summed E-state index contributed by atoms with van der Waals surface area (Å²) in [5.74, 6) is 0.418. The average molecular weight is 797 g/mol. The Balaban J connectivity index is 0.906. The van der Waals surface area contributed by atoms with Crippen LogP contribution in [0.1, 0.15) is 62.3 Å². The molecule has 3 aliphatic rings. The number of para-hydroxylation sites is 2. The van der Waals surface area contributed by atoms with E-state index in [1.165, 1.54) is 100 Å². The predicted octanol–water partition coefficient (Wildman–Crippen LogP) is 15.9. The first kappa shape index (κ1) is 36.7. The smallest absolute Gasteiger partial charge is 0.0547 e. The Morgan fingerprint density at radius 1 is 0.468 bits per heavy atom. The van der Waals surface area contributed by atoms with Crippen LogP contribution in [0.5, 0.6) is 0 Å². The minimum atomic E-state index is -0.0880. The Morgan fingerprint density at radius 2 is 1.06 bits per heavy atom. The largest absolute Gasteiger partial charge is 0.311 e. The molecule has 2 heteroatoms. The summed E-state index contributed by atoms with van der Waals surface area (Å²) in [4.78, 5) is 2.50. The molecule has 1 heterocycles. The van der Waals surface area contributed by atoms with Gasteiger partial charge in [-0.25, -0.2) is 0 Å². The van der Waals surface area contributed by atoms with Gasteiger partial charge in [-0.1, -0.05) is 179 Å². The van der Waals surface area contributed by atoms with E-state index in [1.807, 2.05) is 0 Å². The van der Waals surface area contributed by atoms with E-state index in [1.54, 1.807) is 0 Å². The fourth-order valence-corrected chi connectivity index (χ4v) is 11.2. The fraction of sp³-hybridized carbons (Fsp3) is 0.133.